The maximum atomic E-state index is 12.0. The van der Waals surface area contributed by atoms with E-state index in [1.165, 1.54) is 0 Å². The standard InChI is InChI=1S/C14H17BrN2O2S/c1-3-7-16-14(20)17-13(18)10-5-6-12(11(15)9-10)19-8-4-2/h3,5-6,9H,1,4,7-8H2,2H3,(H2,16,17,18,20). The van der Waals surface area contributed by atoms with Gasteiger partial charge in [0.05, 0.1) is 11.1 Å². The van der Waals surface area contributed by atoms with Gasteiger partial charge in [-0.3, -0.25) is 10.1 Å². The topological polar surface area (TPSA) is 50.4 Å². The summed E-state index contributed by atoms with van der Waals surface area (Å²) in [5.74, 6) is 0.449. The number of benzene rings is 1. The number of carbonyl (C=O) groups excluding carboxylic acids is 1. The quantitative estimate of drug-likeness (QED) is 0.607. The molecule has 0 fully saturated rings. The Morgan fingerprint density at radius 2 is 2.30 bits per heavy atom. The van der Waals surface area contributed by atoms with Gasteiger partial charge in [0, 0.05) is 12.1 Å². The fourth-order valence-corrected chi connectivity index (χ4v) is 2.02. The number of halogens is 1. The van der Waals surface area contributed by atoms with Crippen LogP contribution in [0.3, 0.4) is 0 Å². The lowest BCUT2D eigenvalue weighted by Gasteiger charge is -2.10. The lowest BCUT2D eigenvalue weighted by molar-refractivity contribution is 0.0976. The lowest BCUT2D eigenvalue weighted by Crippen LogP contribution is -2.39. The van der Waals surface area contributed by atoms with Crippen LogP contribution in [-0.2, 0) is 0 Å². The second-order valence-corrected chi connectivity index (χ2v) is 5.21. The summed E-state index contributed by atoms with van der Waals surface area (Å²) in [6.45, 7) is 6.74. The maximum absolute atomic E-state index is 12.0. The van der Waals surface area contributed by atoms with Crippen molar-refractivity contribution in [2.24, 2.45) is 0 Å². The molecule has 0 saturated heterocycles. The number of nitrogens with one attached hydrogen (secondary N) is 2. The van der Waals surface area contributed by atoms with Crippen molar-refractivity contribution in [3.05, 3.63) is 40.9 Å². The second-order valence-electron chi connectivity index (χ2n) is 3.95. The molecule has 0 bridgehead atoms. The van der Waals surface area contributed by atoms with Crippen molar-refractivity contribution in [1.82, 2.24) is 10.6 Å². The summed E-state index contributed by atoms with van der Waals surface area (Å²) in [5.41, 5.74) is 0.503. The van der Waals surface area contributed by atoms with E-state index in [0.29, 0.717) is 18.7 Å². The Hall–Kier alpha value is -1.40. The molecule has 0 saturated carbocycles. The van der Waals surface area contributed by atoms with E-state index in [-0.39, 0.29) is 11.0 Å². The Morgan fingerprint density at radius 3 is 2.90 bits per heavy atom. The third-order valence-electron chi connectivity index (χ3n) is 2.29. The molecule has 0 atom stereocenters. The number of carbonyl (C=O) groups is 1. The molecule has 2 N–H and O–H groups in total. The van der Waals surface area contributed by atoms with Crippen LogP contribution in [0, 0.1) is 0 Å². The molecular weight excluding hydrogens is 340 g/mol. The molecule has 0 aromatic heterocycles. The maximum Gasteiger partial charge on any atom is 0.257 e. The summed E-state index contributed by atoms with van der Waals surface area (Å²) in [6, 6.07) is 5.16. The van der Waals surface area contributed by atoms with Gasteiger partial charge >= 0.3 is 0 Å². The first-order valence-corrected chi connectivity index (χ1v) is 7.41. The van der Waals surface area contributed by atoms with Crippen LogP contribution in [0.1, 0.15) is 23.7 Å². The van der Waals surface area contributed by atoms with Crippen molar-refractivity contribution >= 4 is 39.2 Å². The third-order valence-corrected chi connectivity index (χ3v) is 3.16. The van der Waals surface area contributed by atoms with Crippen molar-refractivity contribution in [3.63, 3.8) is 0 Å². The Balaban J connectivity index is 2.67. The molecule has 6 heteroatoms. The van der Waals surface area contributed by atoms with Gasteiger partial charge in [-0.1, -0.05) is 13.0 Å². The molecule has 20 heavy (non-hydrogen) atoms. The van der Waals surface area contributed by atoms with Crippen LogP contribution in [0.2, 0.25) is 0 Å². The monoisotopic (exact) mass is 356 g/mol. The van der Waals surface area contributed by atoms with Crippen LogP contribution in [0.15, 0.2) is 35.3 Å². The highest BCUT2D eigenvalue weighted by atomic mass is 79.9. The fourth-order valence-electron chi connectivity index (χ4n) is 1.36. The summed E-state index contributed by atoms with van der Waals surface area (Å²) < 4.78 is 6.27. The summed E-state index contributed by atoms with van der Waals surface area (Å²) in [6.07, 6.45) is 2.59. The number of amides is 1. The summed E-state index contributed by atoms with van der Waals surface area (Å²) in [4.78, 5) is 12.0. The molecule has 1 amide bonds. The number of rotatable bonds is 6. The molecule has 1 aromatic carbocycles. The van der Waals surface area contributed by atoms with E-state index < -0.39 is 0 Å². The van der Waals surface area contributed by atoms with E-state index >= 15 is 0 Å². The van der Waals surface area contributed by atoms with Gasteiger partial charge in [0.2, 0.25) is 0 Å². The van der Waals surface area contributed by atoms with Crippen LogP contribution in [-0.4, -0.2) is 24.2 Å². The first-order chi connectivity index (χ1) is 9.58. The molecule has 0 aliphatic carbocycles. The van der Waals surface area contributed by atoms with Crippen molar-refractivity contribution in [1.29, 1.82) is 0 Å². The van der Waals surface area contributed by atoms with Crippen molar-refractivity contribution in [3.8, 4) is 5.75 Å². The highest BCUT2D eigenvalue weighted by Gasteiger charge is 2.10. The number of hydrogen-bond donors (Lipinski definition) is 2. The molecule has 108 valence electrons. The fraction of sp³-hybridized carbons (Fsp3) is 0.286. The second kappa shape index (κ2) is 8.71. The Bertz CT molecular complexity index is 506. The third kappa shape index (κ3) is 5.30. The largest absolute Gasteiger partial charge is 0.492 e. The number of ether oxygens (including phenoxy) is 1. The van der Waals surface area contributed by atoms with Gasteiger partial charge < -0.3 is 10.1 Å². The van der Waals surface area contributed by atoms with E-state index in [2.05, 4.69) is 33.1 Å². The molecule has 0 spiro atoms. The van der Waals surface area contributed by atoms with Gasteiger partial charge in [0.15, 0.2) is 5.11 Å². The average Bonchev–Trinajstić information content (AvgIpc) is 2.43. The molecular formula is C14H17BrN2O2S. The molecule has 1 aromatic rings. The molecule has 0 radical (unpaired) electrons. The Kier molecular flexibility index (Phi) is 7.25. The normalized spacial score (nSPS) is 9.70. The molecule has 4 nitrogen and oxygen atoms in total. The smallest absolute Gasteiger partial charge is 0.257 e. The zero-order valence-corrected chi connectivity index (χ0v) is 13.6. The summed E-state index contributed by atoms with van der Waals surface area (Å²) in [5, 5.41) is 5.70. The predicted molar refractivity (Wildman–Crippen MR) is 88.2 cm³/mol. The van der Waals surface area contributed by atoms with E-state index in [4.69, 9.17) is 17.0 Å². The van der Waals surface area contributed by atoms with Crippen LogP contribution in [0.25, 0.3) is 0 Å². The van der Waals surface area contributed by atoms with Crippen molar-refractivity contribution in [2.45, 2.75) is 13.3 Å². The van der Waals surface area contributed by atoms with Gasteiger partial charge in [0.25, 0.3) is 5.91 Å². The first-order valence-electron chi connectivity index (χ1n) is 6.21. The zero-order valence-electron chi connectivity index (χ0n) is 11.2. The van der Waals surface area contributed by atoms with Crippen LogP contribution in [0.4, 0.5) is 0 Å². The van der Waals surface area contributed by atoms with Crippen molar-refractivity contribution < 1.29 is 9.53 Å². The molecule has 0 unspecified atom stereocenters. The van der Waals surface area contributed by atoms with E-state index in [0.717, 1.165) is 16.6 Å². The first kappa shape index (κ1) is 16.7. The van der Waals surface area contributed by atoms with E-state index in [9.17, 15) is 4.79 Å². The minimum Gasteiger partial charge on any atom is -0.492 e. The number of hydrogen-bond acceptors (Lipinski definition) is 3. The molecule has 1 rings (SSSR count). The summed E-state index contributed by atoms with van der Waals surface area (Å²) >= 11 is 8.37. The minimum absolute atomic E-state index is 0.269. The average molecular weight is 357 g/mol. The SMILES string of the molecule is C=CCNC(=S)NC(=O)c1ccc(OCCC)c(Br)c1. The van der Waals surface area contributed by atoms with Crippen LogP contribution >= 0.6 is 28.1 Å². The van der Waals surface area contributed by atoms with Gasteiger partial charge in [-0.2, -0.15) is 0 Å². The Morgan fingerprint density at radius 1 is 1.55 bits per heavy atom. The van der Waals surface area contributed by atoms with Crippen LogP contribution < -0.4 is 15.4 Å². The van der Waals surface area contributed by atoms with Gasteiger partial charge in [-0.05, 0) is 52.8 Å². The Labute approximate surface area is 132 Å². The summed E-state index contributed by atoms with van der Waals surface area (Å²) in [7, 11) is 0. The molecule has 0 aliphatic rings. The van der Waals surface area contributed by atoms with Crippen LogP contribution in [0.5, 0.6) is 5.75 Å². The van der Waals surface area contributed by atoms with Gasteiger partial charge in [0.1, 0.15) is 5.75 Å². The highest BCUT2D eigenvalue weighted by molar-refractivity contribution is 9.10. The van der Waals surface area contributed by atoms with E-state index in [1.54, 1.807) is 24.3 Å². The minimum atomic E-state index is -0.269. The van der Waals surface area contributed by atoms with Gasteiger partial charge in [-0.15, -0.1) is 6.58 Å². The van der Waals surface area contributed by atoms with Gasteiger partial charge in [-0.25, -0.2) is 0 Å². The zero-order chi connectivity index (χ0) is 15.0. The molecule has 0 aliphatic heterocycles. The lowest BCUT2D eigenvalue weighted by atomic mass is 10.2. The predicted octanol–water partition coefficient (Wildman–Crippen LogP) is 3.03. The van der Waals surface area contributed by atoms with E-state index in [1.807, 2.05) is 6.92 Å². The number of thiocarbonyl (C=S) groups is 1. The van der Waals surface area contributed by atoms with Crippen molar-refractivity contribution in [2.75, 3.05) is 13.2 Å². The molecule has 0 heterocycles. The highest BCUT2D eigenvalue weighted by Crippen LogP contribution is 2.26.